The molecule has 19 heavy (non-hydrogen) atoms. The van der Waals surface area contributed by atoms with E-state index in [1.165, 1.54) is 57.8 Å². The van der Waals surface area contributed by atoms with E-state index in [0.717, 1.165) is 6.42 Å². The van der Waals surface area contributed by atoms with E-state index in [9.17, 15) is 5.11 Å². The highest BCUT2D eigenvalue weighted by Crippen LogP contribution is 2.10. The van der Waals surface area contributed by atoms with Gasteiger partial charge >= 0.3 is 0 Å². The predicted molar refractivity (Wildman–Crippen MR) is 86.4 cm³/mol. The molecule has 0 aromatic heterocycles. The molecule has 0 saturated heterocycles. The molecule has 0 aliphatic heterocycles. The van der Waals surface area contributed by atoms with Gasteiger partial charge in [-0.25, -0.2) is 0 Å². The third-order valence-corrected chi connectivity index (χ3v) is 3.23. The zero-order valence-corrected chi connectivity index (χ0v) is 13.3. The van der Waals surface area contributed by atoms with Crippen molar-refractivity contribution in [2.24, 2.45) is 0 Å². The molecular weight excluding hydrogens is 232 g/mol. The maximum Gasteiger partial charge on any atom is 0.0774 e. The third-order valence-electron chi connectivity index (χ3n) is 3.23. The fourth-order valence-electron chi connectivity index (χ4n) is 2.04. The van der Waals surface area contributed by atoms with Gasteiger partial charge in [0.15, 0.2) is 0 Å². The van der Waals surface area contributed by atoms with Gasteiger partial charge in [0.1, 0.15) is 0 Å². The predicted octanol–water partition coefficient (Wildman–Crippen LogP) is 5.79. The topological polar surface area (TPSA) is 20.2 Å². The quantitative estimate of drug-likeness (QED) is 0.350. The summed E-state index contributed by atoms with van der Waals surface area (Å²) in [5.41, 5.74) is -0.692. The molecule has 0 bridgehead atoms. The summed E-state index contributed by atoms with van der Waals surface area (Å²) in [5.74, 6) is 0. The van der Waals surface area contributed by atoms with Gasteiger partial charge in [-0.05, 0) is 26.7 Å². The summed E-state index contributed by atoms with van der Waals surface area (Å²) >= 11 is 0. The van der Waals surface area contributed by atoms with Crippen molar-refractivity contribution in [2.45, 2.75) is 90.6 Å². The minimum atomic E-state index is -0.692. The smallest absolute Gasteiger partial charge is 0.0774 e. The number of hydrogen-bond donors (Lipinski definition) is 1. The Morgan fingerprint density at radius 3 is 1.84 bits per heavy atom. The first-order valence-corrected chi connectivity index (χ1v) is 8.13. The average Bonchev–Trinajstić information content (AvgIpc) is 2.34. The lowest BCUT2D eigenvalue weighted by Crippen LogP contribution is -2.13. The molecule has 0 rings (SSSR count). The molecule has 0 unspecified atom stereocenters. The molecule has 0 aliphatic carbocycles. The molecule has 0 radical (unpaired) electrons. The normalized spacial score (nSPS) is 12.8. The van der Waals surface area contributed by atoms with Crippen LogP contribution in [-0.4, -0.2) is 10.7 Å². The van der Waals surface area contributed by atoms with Crippen LogP contribution < -0.4 is 0 Å². The van der Waals surface area contributed by atoms with Crippen LogP contribution in [0.5, 0.6) is 0 Å². The van der Waals surface area contributed by atoms with E-state index in [-0.39, 0.29) is 0 Å². The molecule has 0 aliphatic rings. The lowest BCUT2D eigenvalue weighted by Gasteiger charge is -2.08. The zero-order valence-electron chi connectivity index (χ0n) is 13.3. The minimum absolute atomic E-state index is 0.692. The van der Waals surface area contributed by atoms with Gasteiger partial charge in [0, 0.05) is 0 Å². The summed E-state index contributed by atoms with van der Waals surface area (Å²) in [6, 6.07) is 0. The Morgan fingerprint density at radius 2 is 1.32 bits per heavy atom. The molecule has 0 heterocycles. The highest BCUT2D eigenvalue weighted by molar-refractivity contribution is 5.07. The van der Waals surface area contributed by atoms with Crippen molar-refractivity contribution >= 4 is 0 Å². The molecule has 0 amide bonds. The Kier molecular flexibility index (Phi) is 12.1. The highest BCUT2D eigenvalue weighted by atomic mass is 16.3. The summed E-state index contributed by atoms with van der Waals surface area (Å²) in [4.78, 5) is 0. The summed E-state index contributed by atoms with van der Waals surface area (Å²) in [5, 5.41) is 9.47. The molecule has 0 fully saturated rings. The Balaban J connectivity index is 3.23. The maximum atomic E-state index is 9.47. The third kappa shape index (κ3) is 17.4. The van der Waals surface area contributed by atoms with Gasteiger partial charge in [0.2, 0.25) is 0 Å². The Morgan fingerprint density at radius 1 is 0.789 bits per heavy atom. The Hall–Kier alpha value is -0.560. The van der Waals surface area contributed by atoms with Crippen LogP contribution in [0.3, 0.4) is 0 Å². The van der Waals surface area contributed by atoms with Crippen LogP contribution in [0.4, 0.5) is 0 Å². The highest BCUT2D eigenvalue weighted by Gasteiger charge is 2.03. The monoisotopic (exact) mass is 266 g/mol. The first-order chi connectivity index (χ1) is 9.06. The molecule has 1 heteroatoms. The van der Waals surface area contributed by atoms with Gasteiger partial charge in [-0.1, -0.05) is 82.6 Å². The fraction of sp³-hybridized carbons (Fsp3) is 0.778. The minimum Gasteiger partial charge on any atom is -0.386 e. The van der Waals surface area contributed by atoms with Gasteiger partial charge in [-0.2, -0.15) is 0 Å². The second kappa shape index (κ2) is 12.5. The molecule has 0 aromatic rings. The Labute approximate surface area is 120 Å². The largest absolute Gasteiger partial charge is 0.386 e. The van der Waals surface area contributed by atoms with Crippen LogP contribution in [0.1, 0.15) is 85.0 Å². The van der Waals surface area contributed by atoms with Crippen molar-refractivity contribution in [3.8, 4) is 0 Å². The molecule has 1 nitrogen and oxygen atoms in total. The van der Waals surface area contributed by atoms with E-state index in [0.29, 0.717) is 0 Å². The van der Waals surface area contributed by atoms with Crippen molar-refractivity contribution in [2.75, 3.05) is 0 Å². The van der Waals surface area contributed by atoms with E-state index in [1.54, 1.807) is 13.8 Å². The van der Waals surface area contributed by atoms with Crippen molar-refractivity contribution < 1.29 is 5.11 Å². The van der Waals surface area contributed by atoms with Crippen molar-refractivity contribution in [1.29, 1.82) is 0 Å². The van der Waals surface area contributed by atoms with E-state index in [2.05, 4.69) is 13.0 Å². The fourth-order valence-corrected chi connectivity index (χ4v) is 2.04. The lowest BCUT2D eigenvalue weighted by molar-refractivity contribution is 0.133. The molecule has 0 saturated carbocycles. The summed E-state index contributed by atoms with van der Waals surface area (Å²) in [6.45, 7) is 5.85. The van der Waals surface area contributed by atoms with Crippen LogP contribution in [-0.2, 0) is 0 Å². The van der Waals surface area contributed by atoms with Gasteiger partial charge in [-0.15, -0.1) is 0 Å². The molecule has 0 aromatic carbocycles. The Bertz CT molecular complexity index is 233. The van der Waals surface area contributed by atoms with Crippen LogP contribution in [0, 0.1) is 0 Å². The van der Waals surface area contributed by atoms with Crippen LogP contribution in [0.15, 0.2) is 24.3 Å². The van der Waals surface area contributed by atoms with E-state index in [4.69, 9.17) is 0 Å². The molecule has 1 N–H and O–H groups in total. The molecule has 0 atom stereocenters. The first-order valence-electron chi connectivity index (χ1n) is 8.13. The van der Waals surface area contributed by atoms with Crippen molar-refractivity contribution in [1.82, 2.24) is 0 Å². The zero-order chi connectivity index (χ0) is 14.4. The van der Waals surface area contributed by atoms with Gasteiger partial charge in [0.25, 0.3) is 0 Å². The van der Waals surface area contributed by atoms with E-state index in [1.807, 2.05) is 18.2 Å². The number of rotatable bonds is 12. The number of hydrogen-bond acceptors (Lipinski definition) is 1. The van der Waals surface area contributed by atoms with Gasteiger partial charge < -0.3 is 5.11 Å². The van der Waals surface area contributed by atoms with Crippen molar-refractivity contribution in [3.63, 3.8) is 0 Å². The summed E-state index contributed by atoms with van der Waals surface area (Å²) < 4.78 is 0. The summed E-state index contributed by atoms with van der Waals surface area (Å²) in [7, 11) is 0. The second-order valence-electron chi connectivity index (χ2n) is 6.06. The molecule has 0 spiro atoms. The van der Waals surface area contributed by atoms with E-state index < -0.39 is 5.60 Å². The maximum absolute atomic E-state index is 9.47. The van der Waals surface area contributed by atoms with Gasteiger partial charge in [-0.3, -0.25) is 0 Å². The van der Waals surface area contributed by atoms with Crippen LogP contribution in [0.2, 0.25) is 0 Å². The first kappa shape index (κ1) is 18.4. The molecule has 112 valence electrons. The molecular formula is C18H34O. The number of unbranched alkanes of at least 4 members (excludes halogenated alkanes) is 9. The lowest BCUT2D eigenvalue weighted by atomic mass is 10.1. The average molecular weight is 266 g/mol. The standard InChI is InChI=1S/C18H34O/c1-4-5-6-7-8-9-10-11-12-13-14-15-16-17-18(2,3)19/h14-17,19H,4-13H2,1-3H3. The summed E-state index contributed by atoms with van der Waals surface area (Å²) in [6.07, 6.45) is 21.6. The van der Waals surface area contributed by atoms with Gasteiger partial charge in [0.05, 0.1) is 5.60 Å². The van der Waals surface area contributed by atoms with Crippen LogP contribution >= 0.6 is 0 Å². The second-order valence-corrected chi connectivity index (χ2v) is 6.06. The van der Waals surface area contributed by atoms with Crippen LogP contribution in [0.25, 0.3) is 0 Å². The number of allylic oxidation sites excluding steroid dienone is 3. The number of aliphatic hydroxyl groups is 1. The van der Waals surface area contributed by atoms with E-state index >= 15 is 0 Å². The SMILES string of the molecule is CCCCCCCCCCCC=CC=CC(C)(C)O. The van der Waals surface area contributed by atoms with Crippen molar-refractivity contribution in [3.05, 3.63) is 24.3 Å².